The highest BCUT2D eigenvalue weighted by Crippen LogP contribution is 2.30. The van der Waals surface area contributed by atoms with Crippen LogP contribution < -0.4 is 5.32 Å². The zero-order chi connectivity index (χ0) is 10.5. The average molecular weight is 207 g/mol. The van der Waals surface area contributed by atoms with Crippen LogP contribution in [0, 0.1) is 5.82 Å². The first-order valence-electron chi connectivity index (χ1n) is 4.80. The quantitative estimate of drug-likeness (QED) is 0.742. The number of halogens is 1. The van der Waals surface area contributed by atoms with Gasteiger partial charge in [-0.15, -0.1) is 0 Å². The van der Waals surface area contributed by atoms with Crippen LogP contribution in [0.25, 0.3) is 11.0 Å². The molecule has 3 rings (SSSR count). The van der Waals surface area contributed by atoms with E-state index in [0.29, 0.717) is 29.8 Å². The summed E-state index contributed by atoms with van der Waals surface area (Å²) in [5, 5.41) is 13.7. The van der Waals surface area contributed by atoms with Crippen LogP contribution in [0.5, 0.6) is 0 Å². The lowest BCUT2D eigenvalue weighted by atomic mass is 9.94. The van der Waals surface area contributed by atoms with E-state index in [9.17, 15) is 9.50 Å². The Bertz CT molecular complexity index is 516. The Morgan fingerprint density at radius 2 is 2.13 bits per heavy atom. The maximum absolute atomic E-state index is 12.9. The van der Waals surface area contributed by atoms with Crippen LogP contribution in [0.15, 0.2) is 28.7 Å². The van der Waals surface area contributed by atoms with Crippen LogP contribution >= 0.6 is 0 Å². The fourth-order valence-electron chi connectivity index (χ4n) is 1.78. The molecule has 0 amide bonds. The Morgan fingerprint density at radius 3 is 2.80 bits per heavy atom. The number of aliphatic hydroxyl groups is 1. The summed E-state index contributed by atoms with van der Waals surface area (Å²) in [5.74, 6) is 0.204. The van der Waals surface area contributed by atoms with Gasteiger partial charge < -0.3 is 14.8 Å². The molecule has 0 spiro atoms. The smallest absolute Gasteiger partial charge is 0.147 e. The van der Waals surface area contributed by atoms with E-state index >= 15 is 0 Å². The summed E-state index contributed by atoms with van der Waals surface area (Å²) in [4.78, 5) is 0. The lowest BCUT2D eigenvalue weighted by Crippen LogP contribution is -2.56. The molecule has 15 heavy (non-hydrogen) atoms. The first-order chi connectivity index (χ1) is 7.17. The first-order valence-corrected chi connectivity index (χ1v) is 4.80. The van der Waals surface area contributed by atoms with Crippen molar-refractivity contribution >= 4 is 11.0 Å². The molecule has 1 aliphatic rings. The highest BCUT2D eigenvalue weighted by molar-refractivity contribution is 5.78. The third-order valence-electron chi connectivity index (χ3n) is 2.77. The summed E-state index contributed by atoms with van der Waals surface area (Å²) in [5.41, 5.74) is -0.318. The maximum Gasteiger partial charge on any atom is 0.147 e. The topological polar surface area (TPSA) is 45.4 Å². The monoisotopic (exact) mass is 207 g/mol. The van der Waals surface area contributed by atoms with Gasteiger partial charge in [0.2, 0.25) is 0 Å². The number of hydrogen-bond donors (Lipinski definition) is 2. The predicted molar refractivity (Wildman–Crippen MR) is 52.9 cm³/mol. The summed E-state index contributed by atoms with van der Waals surface area (Å²) >= 11 is 0. The summed E-state index contributed by atoms with van der Waals surface area (Å²) < 4.78 is 18.4. The Labute approximate surface area is 85.5 Å². The van der Waals surface area contributed by atoms with Crippen molar-refractivity contribution in [2.45, 2.75) is 5.60 Å². The van der Waals surface area contributed by atoms with Crippen LogP contribution in [0.4, 0.5) is 4.39 Å². The minimum Gasteiger partial charge on any atom is -0.458 e. The van der Waals surface area contributed by atoms with Crippen LogP contribution in [0.2, 0.25) is 0 Å². The van der Waals surface area contributed by atoms with Crippen molar-refractivity contribution in [3.05, 3.63) is 35.8 Å². The summed E-state index contributed by atoms with van der Waals surface area (Å²) in [6.07, 6.45) is 0. The zero-order valence-corrected chi connectivity index (χ0v) is 7.96. The molecule has 2 aromatic rings. The van der Waals surface area contributed by atoms with Crippen molar-refractivity contribution in [1.82, 2.24) is 5.32 Å². The van der Waals surface area contributed by atoms with Crippen LogP contribution in [0.1, 0.15) is 5.76 Å². The number of nitrogens with one attached hydrogen (secondary N) is 1. The molecule has 0 atom stereocenters. The van der Waals surface area contributed by atoms with E-state index in [2.05, 4.69) is 5.32 Å². The summed E-state index contributed by atoms with van der Waals surface area (Å²) in [6, 6.07) is 6.01. The Hall–Kier alpha value is -1.39. The van der Waals surface area contributed by atoms with E-state index in [1.807, 2.05) is 0 Å². The second-order valence-electron chi connectivity index (χ2n) is 3.93. The van der Waals surface area contributed by atoms with Gasteiger partial charge in [-0.3, -0.25) is 0 Å². The molecule has 2 heterocycles. The van der Waals surface area contributed by atoms with Crippen molar-refractivity contribution in [2.24, 2.45) is 0 Å². The van der Waals surface area contributed by atoms with Crippen LogP contribution in [0.3, 0.4) is 0 Å². The molecule has 0 aliphatic carbocycles. The van der Waals surface area contributed by atoms with Gasteiger partial charge in [-0.05, 0) is 24.3 Å². The molecule has 0 bridgehead atoms. The van der Waals surface area contributed by atoms with Crippen LogP contribution in [-0.4, -0.2) is 18.2 Å². The van der Waals surface area contributed by atoms with Crippen LogP contribution in [-0.2, 0) is 5.60 Å². The summed E-state index contributed by atoms with van der Waals surface area (Å²) in [6.45, 7) is 0.963. The molecule has 1 aromatic heterocycles. The van der Waals surface area contributed by atoms with E-state index in [0.717, 1.165) is 0 Å². The van der Waals surface area contributed by atoms with Gasteiger partial charge in [0.1, 0.15) is 22.8 Å². The van der Waals surface area contributed by atoms with Gasteiger partial charge in [0.25, 0.3) is 0 Å². The molecule has 78 valence electrons. The fourth-order valence-corrected chi connectivity index (χ4v) is 1.78. The van der Waals surface area contributed by atoms with Gasteiger partial charge in [0.05, 0.1) is 0 Å². The molecule has 4 heteroatoms. The Kier molecular flexibility index (Phi) is 1.66. The molecular formula is C11H10FNO2. The average Bonchev–Trinajstić information content (AvgIpc) is 2.57. The Morgan fingerprint density at radius 1 is 1.33 bits per heavy atom. The number of β-amino-alcohol motifs (C(OH)–C–C–N with tert-alkyl or cyclic N) is 1. The van der Waals surface area contributed by atoms with Gasteiger partial charge in [-0.2, -0.15) is 0 Å². The third kappa shape index (κ3) is 1.26. The maximum atomic E-state index is 12.9. The van der Waals surface area contributed by atoms with Gasteiger partial charge in [0, 0.05) is 18.5 Å². The molecule has 2 N–H and O–H groups in total. The highest BCUT2D eigenvalue weighted by Gasteiger charge is 2.39. The van der Waals surface area contributed by atoms with Crippen molar-refractivity contribution < 1.29 is 13.9 Å². The Balaban J connectivity index is 2.14. The largest absolute Gasteiger partial charge is 0.458 e. The second-order valence-corrected chi connectivity index (χ2v) is 3.93. The third-order valence-corrected chi connectivity index (χ3v) is 2.77. The van der Waals surface area contributed by atoms with Crippen molar-refractivity contribution in [1.29, 1.82) is 0 Å². The molecule has 1 aromatic carbocycles. The SMILES string of the molecule is OC1(c2cc3cc(F)ccc3o2)CNC1. The predicted octanol–water partition coefficient (Wildman–Crippen LogP) is 1.36. The van der Waals surface area contributed by atoms with Crippen molar-refractivity contribution in [3.63, 3.8) is 0 Å². The highest BCUT2D eigenvalue weighted by atomic mass is 19.1. The first kappa shape index (κ1) is 8.88. The van der Waals surface area contributed by atoms with E-state index in [4.69, 9.17) is 4.42 Å². The molecular weight excluding hydrogens is 197 g/mol. The molecule has 1 saturated heterocycles. The number of benzene rings is 1. The molecule has 0 unspecified atom stereocenters. The van der Waals surface area contributed by atoms with E-state index in [1.165, 1.54) is 12.1 Å². The number of furan rings is 1. The minimum absolute atomic E-state index is 0.298. The number of rotatable bonds is 1. The lowest BCUT2D eigenvalue weighted by Gasteiger charge is -2.35. The van der Waals surface area contributed by atoms with Crippen molar-refractivity contribution in [3.8, 4) is 0 Å². The van der Waals surface area contributed by atoms with Gasteiger partial charge in [-0.1, -0.05) is 0 Å². The molecule has 0 saturated carbocycles. The van der Waals surface area contributed by atoms with Gasteiger partial charge in [0.15, 0.2) is 0 Å². The number of fused-ring (bicyclic) bond motifs is 1. The van der Waals surface area contributed by atoms with E-state index < -0.39 is 5.60 Å². The summed E-state index contributed by atoms with van der Waals surface area (Å²) in [7, 11) is 0. The molecule has 1 aliphatic heterocycles. The zero-order valence-electron chi connectivity index (χ0n) is 7.96. The molecule has 0 radical (unpaired) electrons. The minimum atomic E-state index is -0.921. The van der Waals surface area contributed by atoms with E-state index in [1.54, 1.807) is 12.1 Å². The fraction of sp³-hybridized carbons (Fsp3) is 0.273. The normalized spacial score (nSPS) is 19.1. The molecule has 1 fully saturated rings. The standard InChI is InChI=1S/C11H10FNO2/c12-8-1-2-9-7(3-8)4-10(15-9)11(14)5-13-6-11/h1-4,13-14H,5-6H2. The van der Waals surface area contributed by atoms with Crippen molar-refractivity contribution in [2.75, 3.05) is 13.1 Å². The lowest BCUT2D eigenvalue weighted by molar-refractivity contribution is -0.0320. The van der Waals surface area contributed by atoms with Gasteiger partial charge in [-0.25, -0.2) is 4.39 Å². The molecule has 3 nitrogen and oxygen atoms in total. The van der Waals surface area contributed by atoms with Gasteiger partial charge >= 0.3 is 0 Å². The second kappa shape index (κ2) is 2.81. The van der Waals surface area contributed by atoms with E-state index in [-0.39, 0.29) is 5.82 Å². The number of hydrogen-bond acceptors (Lipinski definition) is 3.